The number of aryl methyl sites for hydroxylation is 1. The summed E-state index contributed by atoms with van der Waals surface area (Å²) in [5.41, 5.74) is 9.61. The molecule has 1 aromatic rings. The molecule has 0 spiro atoms. The second-order valence-corrected chi connectivity index (χ2v) is 7.35. The average molecular weight is 318 g/mol. The summed E-state index contributed by atoms with van der Waals surface area (Å²) in [5, 5.41) is 0. The number of methoxy groups -OCH3 is 1. The average Bonchev–Trinajstić information content (AvgIpc) is 2.94. The van der Waals surface area contributed by atoms with Crippen molar-refractivity contribution >= 4 is 0 Å². The molecule has 0 saturated heterocycles. The summed E-state index contributed by atoms with van der Waals surface area (Å²) < 4.78 is 5.09. The molecule has 1 fully saturated rings. The van der Waals surface area contributed by atoms with Crippen molar-refractivity contribution in [3.63, 3.8) is 0 Å². The van der Waals surface area contributed by atoms with E-state index in [-0.39, 0.29) is 5.54 Å². The molecule has 0 bridgehead atoms. The minimum atomic E-state index is 0.0842. The Kier molecular flexibility index (Phi) is 7.58. The number of rotatable bonds is 10. The van der Waals surface area contributed by atoms with Crippen molar-refractivity contribution in [1.82, 2.24) is 0 Å². The predicted octanol–water partition coefficient (Wildman–Crippen LogP) is 4.89. The lowest BCUT2D eigenvalue weighted by molar-refractivity contribution is 0.192. The van der Waals surface area contributed by atoms with Crippen LogP contribution >= 0.6 is 0 Å². The van der Waals surface area contributed by atoms with Crippen molar-refractivity contribution in [3.8, 4) is 0 Å². The summed E-state index contributed by atoms with van der Waals surface area (Å²) in [4.78, 5) is 0. The van der Waals surface area contributed by atoms with Crippen LogP contribution in [0.2, 0.25) is 0 Å². The van der Waals surface area contributed by atoms with Gasteiger partial charge in [-0.05, 0) is 62.0 Å². The highest BCUT2D eigenvalue weighted by Crippen LogP contribution is 2.38. The van der Waals surface area contributed by atoms with Crippen molar-refractivity contribution < 1.29 is 4.74 Å². The quantitative estimate of drug-likeness (QED) is 0.624. The third-order valence-corrected chi connectivity index (χ3v) is 5.74. The zero-order chi connectivity index (χ0) is 16.5. The minimum absolute atomic E-state index is 0.0842. The van der Waals surface area contributed by atoms with Gasteiger partial charge in [0.15, 0.2) is 0 Å². The van der Waals surface area contributed by atoms with Crippen molar-refractivity contribution in [3.05, 3.63) is 35.4 Å². The van der Waals surface area contributed by atoms with Crippen LogP contribution < -0.4 is 5.73 Å². The Morgan fingerprint density at radius 2 is 1.78 bits per heavy atom. The number of ether oxygens (including phenoxy) is 1. The zero-order valence-electron chi connectivity index (χ0n) is 15.2. The maximum atomic E-state index is 6.59. The third kappa shape index (κ3) is 5.61. The van der Waals surface area contributed by atoms with Crippen LogP contribution in [-0.4, -0.2) is 19.3 Å². The fraction of sp³-hybridized carbons (Fsp3) is 0.714. The van der Waals surface area contributed by atoms with Gasteiger partial charge in [-0.15, -0.1) is 0 Å². The predicted molar refractivity (Wildman–Crippen MR) is 98.7 cm³/mol. The molecule has 0 amide bonds. The van der Waals surface area contributed by atoms with Crippen LogP contribution in [0.15, 0.2) is 24.3 Å². The van der Waals surface area contributed by atoms with Gasteiger partial charge in [0, 0.05) is 19.3 Å². The zero-order valence-corrected chi connectivity index (χ0v) is 15.2. The van der Waals surface area contributed by atoms with Crippen molar-refractivity contribution in [2.24, 2.45) is 11.7 Å². The van der Waals surface area contributed by atoms with E-state index >= 15 is 0 Å². The van der Waals surface area contributed by atoms with Gasteiger partial charge in [0.05, 0.1) is 0 Å². The molecule has 2 heteroatoms. The molecule has 0 aromatic heterocycles. The molecular formula is C21H35NO. The Balaban J connectivity index is 1.74. The Morgan fingerprint density at radius 3 is 2.48 bits per heavy atom. The van der Waals surface area contributed by atoms with Crippen LogP contribution in [0.25, 0.3) is 0 Å². The summed E-state index contributed by atoms with van der Waals surface area (Å²) in [6.45, 7) is 3.14. The highest BCUT2D eigenvalue weighted by Gasteiger charge is 2.37. The highest BCUT2D eigenvalue weighted by molar-refractivity contribution is 5.24. The Morgan fingerprint density at radius 1 is 1.09 bits per heavy atom. The third-order valence-electron chi connectivity index (χ3n) is 5.74. The Hall–Kier alpha value is -0.860. The molecular weight excluding hydrogens is 282 g/mol. The largest absolute Gasteiger partial charge is 0.385 e. The Bertz CT molecular complexity index is 442. The van der Waals surface area contributed by atoms with E-state index in [4.69, 9.17) is 10.5 Å². The molecule has 0 aliphatic heterocycles. The van der Waals surface area contributed by atoms with Gasteiger partial charge in [0.2, 0.25) is 0 Å². The first kappa shape index (κ1) is 18.5. The molecule has 1 aliphatic rings. The van der Waals surface area contributed by atoms with E-state index in [2.05, 4.69) is 31.2 Å². The van der Waals surface area contributed by atoms with Gasteiger partial charge >= 0.3 is 0 Å². The molecule has 0 unspecified atom stereocenters. The van der Waals surface area contributed by atoms with Gasteiger partial charge in [0.1, 0.15) is 0 Å². The molecule has 2 nitrogen and oxygen atoms in total. The topological polar surface area (TPSA) is 35.2 Å². The molecule has 0 heterocycles. The minimum Gasteiger partial charge on any atom is -0.385 e. The summed E-state index contributed by atoms with van der Waals surface area (Å²) in [6.07, 6.45) is 12.3. The van der Waals surface area contributed by atoms with Crippen LogP contribution in [-0.2, 0) is 17.6 Å². The molecule has 23 heavy (non-hydrogen) atoms. The van der Waals surface area contributed by atoms with Gasteiger partial charge in [-0.2, -0.15) is 0 Å². The van der Waals surface area contributed by atoms with Gasteiger partial charge < -0.3 is 10.5 Å². The Labute approximate surface area is 142 Å². The van der Waals surface area contributed by atoms with E-state index in [1.807, 2.05) is 0 Å². The summed E-state index contributed by atoms with van der Waals surface area (Å²) in [7, 11) is 1.78. The van der Waals surface area contributed by atoms with Crippen LogP contribution in [0.3, 0.4) is 0 Å². The van der Waals surface area contributed by atoms with Gasteiger partial charge in [0.25, 0.3) is 0 Å². The lowest BCUT2D eigenvalue weighted by Gasteiger charge is -2.30. The second-order valence-electron chi connectivity index (χ2n) is 7.35. The van der Waals surface area contributed by atoms with Gasteiger partial charge in [-0.25, -0.2) is 0 Å². The maximum Gasteiger partial charge on any atom is 0.0462 e. The fourth-order valence-electron chi connectivity index (χ4n) is 4.00. The van der Waals surface area contributed by atoms with Gasteiger partial charge in [-0.3, -0.25) is 0 Å². The number of unbranched alkanes of at least 4 members (excludes halogenated alkanes) is 3. The summed E-state index contributed by atoms with van der Waals surface area (Å²) >= 11 is 0. The number of benzene rings is 1. The molecule has 130 valence electrons. The molecule has 2 rings (SSSR count). The van der Waals surface area contributed by atoms with E-state index in [0.29, 0.717) is 5.92 Å². The molecule has 1 aromatic carbocycles. The smallest absolute Gasteiger partial charge is 0.0462 e. The molecule has 0 radical (unpaired) electrons. The molecule has 1 saturated carbocycles. The van der Waals surface area contributed by atoms with Crippen LogP contribution in [0.1, 0.15) is 69.4 Å². The van der Waals surface area contributed by atoms with Crippen molar-refractivity contribution in [2.75, 3.05) is 13.7 Å². The van der Waals surface area contributed by atoms with E-state index in [1.54, 1.807) is 7.11 Å². The highest BCUT2D eigenvalue weighted by atomic mass is 16.5. The van der Waals surface area contributed by atoms with E-state index in [1.165, 1.54) is 62.5 Å². The normalized spacial score (nSPS) is 24.2. The SMILES string of the molecule is CC[C@@]1(N)CCC[C@@H]1Cc1ccc(CCCCCCOC)cc1. The maximum absolute atomic E-state index is 6.59. The molecule has 1 aliphatic carbocycles. The summed E-state index contributed by atoms with van der Waals surface area (Å²) in [5.74, 6) is 0.666. The standard InChI is InChI=1S/C21H35NO/c1-3-21(22)15-8-10-20(21)17-19-13-11-18(12-14-19)9-6-4-5-7-16-23-2/h11-14,20H,3-10,15-17,22H2,1-2H3/t20-,21-/m1/s1. The van der Waals surface area contributed by atoms with Crippen molar-refractivity contribution in [1.29, 1.82) is 0 Å². The van der Waals surface area contributed by atoms with E-state index in [9.17, 15) is 0 Å². The molecule has 2 N–H and O–H groups in total. The number of nitrogens with two attached hydrogens (primary N) is 1. The second kappa shape index (κ2) is 9.44. The first-order valence-electron chi connectivity index (χ1n) is 9.53. The monoisotopic (exact) mass is 317 g/mol. The number of hydrogen-bond acceptors (Lipinski definition) is 2. The fourth-order valence-corrected chi connectivity index (χ4v) is 4.00. The van der Waals surface area contributed by atoms with Crippen LogP contribution in [0.4, 0.5) is 0 Å². The number of hydrogen-bond donors (Lipinski definition) is 1. The van der Waals surface area contributed by atoms with Crippen LogP contribution in [0, 0.1) is 5.92 Å². The molecule has 2 atom stereocenters. The first-order valence-corrected chi connectivity index (χ1v) is 9.53. The lowest BCUT2D eigenvalue weighted by Crippen LogP contribution is -2.43. The first-order chi connectivity index (χ1) is 11.2. The van der Waals surface area contributed by atoms with E-state index in [0.717, 1.165) is 19.4 Å². The van der Waals surface area contributed by atoms with E-state index < -0.39 is 0 Å². The summed E-state index contributed by atoms with van der Waals surface area (Å²) in [6, 6.07) is 9.30. The lowest BCUT2D eigenvalue weighted by atomic mass is 9.81. The van der Waals surface area contributed by atoms with Gasteiger partial charge in [-0.1, -0.05) is 50.5 Å². The van der Waals surface area contributed by atoms with Crippen LogP contribution in [0.5, 0.6) is 0 Å². The van der Waals surface area contributed by atoms with Crippen molar-refractivity contribution in [2.45, 2.75) is 76.7 Å².